The van der Waals surface area contributed by atoms with Crippen molar-refractivity contribution >= 4 is 0 Å². The van der Waals surface area contributed by atoms with Crippen molar-refractivity contribution in [1.82, 2.24) is 4.90 Å². The van der Waals surface area contributed by atoms with Crippen molar-refractivity contribution in [3.05, 3.63) is 0 Å². The molecular formula is C14H26FN. The smallest absolute Gasteiger partial charge is 0.104 e. The summed E-state index contributed by atoms with van der Waals surface area (Å²) in [6, 6.07) is 0.665. The first-order chi connectivity index (χ1) is 7.66. The molecule has 1 aliphatic heterocycles. The van der Waals surface area contributed by atoms with Crippen molar-refractivity contribution in [2.75, 3.05) is 13.1 Å². The van der Waals surface area contributed by atoms with Gasteiger partial charge in [-0.1, -0.05) is 19.8 Å². The maximum Gasteiger partial charge on any atom is 0.104 e. The molecule has 0 spiro atoms. The number of piperidine rings is 1. The summed E-state index contributed by atoms with van der Waals surface area (Å²) in [5.74, 6) is 1.18. The van der Waals surface area contributed by atoms with Crippen LogP contribution < -0.4 is 0 Å². The highest BCUT2D eigenvalue weighted by atomic mass is 19.1. The molecule has 0 amide bonds. The summed E-state index contributed by atoms with van der Waals surface area (Å²) in [5.41, 5.74) is 0. The second kappa shape index (κ2) is 5.48. The normalized spacial score (nSPS) is 42.2. The molecular weight excluding hydrogens is 201 g/mol. The zero-order valence-electron chi connectivity index (χ0n) is 10.8. The van der Waals surface area contributed by atoms with Crippen molar-refractivity contribution in [2.24, 2.45) is 11.8 Å². The number of halogens is 1. The van der Waals surface area contributed by atoms with Crippen LogP contribution in [0.2, 0.25) is 0 Å². The summed E-state index contributed by atoms with van der Waals surface area (Å²) in [4.78, 5) is 2.53. The Hall–Kier alpha value is -0.110. The molecule has 0 aromatic carbocycles. The molecule has 94 valence electrons. The number of hydrogen-bond donors (Lipinski definition) is 0. The van der Waals surface area contributed by atoms with E-state index in [1.807, 2.05) is 0 Å². The molecule has 2 aliphatic rings. The maximum atomic E-state index is 13.8. The maximum absolute atomic E-state index is 13.8. The van der Waals surface area contributed by atoms with E-state index in [2.05, 4.69) is 18.7 Å². The molecule has 1 aliphatic carbocycles. The molecule has 1 nitrogen and oxygen atoms in total. The fourth-order valence-electron chi connectivity index (χ4n) is 3.40. The Balaban J connectivity index is 1.83. The third-order valence-corrected chi connectivity index (χ3v) is 4.56. The van der Waals surface area contributed by atoms with E-state index in [1.165, 1.54) is 25.8 Å². The molecule has 0 aromatic heterocycles. The van der Waals surface area contributed by atoms with Gasteiger partial charge in [0.05, 0.1) is 0 Å². The number of alkyl halides is 1. The molecule has 4 atom stereocenters. The first-order valence-corrected chi connectivity index (χ1v) is 7.05. The molecule has 2 heteroatoms. The number of likely N-dealkylation sites (tertiary alicyclic amines) is 1. The lowest BCUT2D eigenvalue weighted by molar-refractivity contribution is 0.0660. The molecule has 16 heavy (non-hydrogen) atoms. The average Bonchev–Trinajstić information content (AvgIpc) is 2.25. The monoisotopic (exact) mass is 227 g/mol. The highest BCUT2D eigenvalue weighted by Gasteiger charge is 2.30. The summed E-state index contributed by atoms with van der Waals surface area (Å²) < 4.78 is 13.8. The molecule has 1 saturated heterocycles. The van der Waals surface area contributed by atoms with Crippen LogP contribution in [0, 0.1) is 11.8 Å². The lowest BCUT2D eigenvalue weighted by Crippen LogP contribution is -2.44. The molecule has 2 rings (SSSR count). The number of rotatable bonds is 2. The van der Waals surface area contributed by atoms with Gasteiger partial charge in [-0.2, -0.15) is 0 Å². The summed E-state index contributed by atoms with van der Waals surface area (Å²) in [5, 5.41) is 0. The summed E-state index contributed by atoms with van der Waals surface area (Å²) in [6.07, 6.45) is 6.33. The van der Waals surface area contributed by atoms with Crippen LogP contribution in [0.1, 0.15) is 52.4 Å². The Morgan fingerprint density at radius 3 is 2.56 bits per heavy atom. The Morgan fingerprint density at radius 2 is 1.88 bits per heavy atom. The predicted octanol–water partition coefficient (Wildman–Crippen LogP) is 3.64. The molecule has 0 aromatic rings. The quantitative estimate of drug-likeness (QED) is 0.696. The average molecular weight is 227 g/mol. The lowest BCUT2D eigenvalue weighted by atomic mass is 9.85. The minimum Gasteiger partial charge on any atom is -0.300 e. The van der Waals surface area contributed by atoms with E-state index in [1.54, 1.807) is 0 Å². The van der Waals surface area contributed by atoms with Crippen LogP contribution in [0.5, 0.6) is 0 Å². The number of nitrogens with zero attached hydrogens (tertiary/aromatic N) is 1. The van der Waals surface area contributed by atoms with Crippen LogP contribution in [0.15, 0.2) is 0 Å². The van der Waals surface area contributed by atoms with Gasteiger partial charge in [0, 0.05) is 18.5 Å². The molecule has 0 N–H and O–H groups in total. The van der Waals surface area contributed by atoms with Gasteiger partial charge in [-0.25, -0.2) is 4.39 Å². The van der Waals surface area contributed by atoms with Crippen molar-refractivity contribution in [3.63, 3.8) is 0 Å². The van der Waals surface area contributed by atoms with Gasteiger partial charge in [-0.15, -0.1) is 0 Å². The highest BCUT2D eigenvalue weighted by Crippen LogP contribution is 2.30. The van der Waals surface area contributed by atoms with Crippen LogP contribution in [0.3, 0.4) is 0 Å². The van der Waals surface area contributed by atoms with Crippen LogP contribution in [-0.2, 0) is 0 Å². The van der Waals surface area contributed by atoms with Gasteiger partial charge < -0.3 is 4.90 Å². The largest absolute Gasteiger partial charge is 0.300 e. The van der Waals surface area contributed by atoms with Gasteiger partial charge >= 0.3 is 0 Å². The van der Waals surface area contributed by atoms with E-state index in [-0.39, 0.29) is 0 Å². The summed E-state index contributed by atoms with van der Waals surface area (Å²) in [6.45, 7) is 6.85. The van der Waals surface area contributed by atoms with Crippen molar-refractivity contribution in [1.29, 1.82) is 0 Å². The van der Waals surface area contributed by atoms with Gasteiger partial charge in [0.15, 0.2) is 0 Å². The molecule has 1 heterocycles. The van der Waals surface area contributed by atoms with Crippen molar-refractivity contribution in [3.8, 4) is 0 Å². The van der Waals surface area contributed by atoms with Gasteiger partial charge in [-0.05, 0) is 45.1 Å². The van der Waals surface area contributed by atoms with E-state index in [0.717, 1.165) is 31.7 Å². The first kappa shape index (κ1) is 12.3. The van der Waals surface area contributed by atoms with E-state index >= 15 is 0 Å². The van der Waals surface area contributed by atoms with Gasteiger partial charge in [0.1, 0.15) is 6.17 Å². The Kier molecular flexibility index (Phi) is 4.23. The van der Waals surface area contributed by atoms with Gasteiger partial charge in [-0.3, -0.25) is 0 Å². The molecule has 4 unspecified atom stereocenters. The van der Waals surface area contributed by atoms with Gasteiger partial charge in [0.2, 0.25) is 0 Å². The van der Waals surface area contributed by atoms with Crippen LogP contribution in [0.4, 0.5) is 4.39 Å². The SMILES string of the molecule is CC1CCN(CC2CCCCC2F)C(C)C1. The van der Waals surface area contributed by atoms with Crippen LogP contribution >= 0.6 is 0 Å². The topological polar surface area (TPSA) is 3.24 Å². The highest BCUT2D eigenvalue weighted by molar-refractivity contribution is 4.83. The minimum absolute atomic E-state index is 0.324. The Morgan fingerprint density at radius 1 is 1.12 bits per heavy atom. The molecule has 0 radical (unpaired) electrons. The fraction of sp³-hybridized carbons (Fsp3) is 1.00. The molecule has 0 bridgehead atoms. The van der Waals surface area contributed by atoms with E-state index in [4.69, 9.17) is 0 Å². The van der Waals surface area contributed by atoms with Crippen LogP contribution in [0.25, 0.3) is 0 Å². The number of hydrogen-bond acceptors (Lipinski definition) is 1. The van der Waals surface area contributed by atoms with Crippen molar-refractivity contribution < 1.29 is 4.39 Å². The second-order valence-electron chi connectivity index (χ2n) is 6.03. The minimum atomic E-state index is -0.528. The lowest BCUT2D eigenvalue weighted by Gasteiger charge is -2.40. The zero-order chi connectivity index (χ0) is 11.5. The third kappa shape index (κ3) is 2.97. The van der Waals surface area contributed by atoms with Gasteiger partial charge in [0.25, 0.3) is 0 Å². The summed E-state index contributed by atoms with van der Waals surface area (Å²) in [7, 11) is 0. The second-order valence-corrected chi connectivity index (χ2v) is 6.03. The van der Waals surface area contributed by atoms with Crippen molar-refractivity contribution in [2.45, 2.75) is 64.6 Å². The Bertz CT molecular complexity index is 219. The fourth-order valence-corrected chi connectivity index (χ4v) is 3.40. The van der Waals surface area contributed by atoms with E-state index in [0.29, 0.717) is 12.0 Å². The van der Waals surface area contributed by atoms with E-state index in [9.17, 15) is 4.39 Å². The summed E-state index contributed by atoms with van der Waals surface area (Å²) >= 11 is 0. The third-order valence-electron chi connectivity index (χ3n) is 4.56. The Labute approximate surface area is 99.4 Å². The first-order valence-electron chi connectivity index (χ1n) is 7.05. The van der Waals surface area contributed by atoms with E-state index < -0.39 is 6.17 Å². The molecule has 2 fully saturated rings. The van der Waals surface area contributed by atoms with Crippen LogP contribution in [-0.4, -0.2) is 30.2 Å². The molecule has 1 saturated carbocycles. The zero-order valence-corrected chi connectivity index (χ0v) is 10.8. The predicted molar refractivity (Wildman–Crippen MR) is 66.3 cm³/mol. The standard InChI is InChI=1S/C14H26FN/c1-11-7-8-16(12(2)9-11)10-13-5-3-4-6-14(13)15/h11-14H,3-10H2,1-2H3.